The number of nitrogens with zero attached hydrogens (tertiary/aromatic N) is 1. The van der Waals surface area contributed by atoms with Gasteiger partial charge in [-0.15, -0.1) is 0 Å². The third-order valence-electron chi connectivity index (χ3n) is 5.36. The minimum absolute atomic E-state index is 0.0827. The van der Waals surface area contributed by atoms with Crippen LogP contribution in [0.3, 0.4) is 0 Å². The minimum Gasteiger partial charge on any atom is -0.497 e. The number of nitrogens with one attached hydrogen (secondary N) is 1. The molecule has 31 heavy (non-hydrogen) atoms. The Kier molecular flexibility index (Phi) is 6.23. The Balaban J connectivity index is 1.84. The van der Waals surface area contributed by atoms with Crippen molar-refractivity contribution >= 4 is 21.6 Å². The van der Waals surface area contributed by atoms with Crippen LogP contribution in [-0.4, -0.2) is 40.3 Å². The zero-order valence-electron chi connectivity index (χ0n) is 18.8. The van der Waals surface area contributed by atoms with Crippen molar-refractivity contribution in [3.8, 4) is 11.5 Å². The van der Waals surface area contributed by atoms with Crippen molar-refractivity contribution in [3.05, 3.63) is 53.6 Å². The molecule has 1 heterocycles. The maximum atomic E-state index is 12.9. The summed E-state index contributed by atoms with van der Waals surface area (Å²) in [5.74, 6) is 0.734. The van der Waals surface area contributed by atoms with Crippen LogP contribution in [0.1, 0.15) is 44.9 Å². The van der Waals surface area contributed by atoms with Crippen molar-refractivity contribution in [2.45, 2.75) is 45.3 Å². The minimum atomic E-state index is -3.60. The lowest BCUT2D eigenvalue weighted by Gasteiger charge is -2.35. The van der Waals surface area contributed by atoms with E-state index >= 15 is 0 Å². The van der Waals surface area contributed by atoms with Gasteiger partial charge in [0.15, 0.2) is 6.10 Å². The Bertz CT molecular complexity index is 1060. The predicted octanol–water partition coefficient (Wildman–Crippen LogP) is 3.40. The van der Waals surface area contributed by atoms with Crippen LogP contribution in [0.4, 0.5) is 5.69 Å². The van der Waals surface area contributed by atoms with Gasteiger partial charge in [0.05, 0.1) is 31.6 Å². The quantitative estimate of drug-likeness (QED) is 0.761. The summed E-state index contributed by atoms with van der Waals surface area (Å²) in [6.45, 7) is 7.95. The number of amides is 1. The highest BCUT2D eigenvalue weighted by Crippen LogP contribution is 2.38. The lowest BCUT2D eigenvalue weighted by atomic mass is 9.86. The number of sulfonamides is 1. The van der Waals surface area contributed by atoms with E-state index in [1.54, 1.807) is 13.2 Å². The monoisotopic (exact) mass is 446 g/mol. The van der Waals surface area contributed by atoms with E-state index in [0.29, 0.717) is 11.4 Å². The molecule has 0 bridgehead atoms. The number of carbonyl (C=O) groups excluding carboxylic acids is 1. The predicted molar refractivity (Wildman–Crippen MR) is 121 cm³/mol. The fourth-order valence-electron chi connectivity index (χ4n) is 3.45. The summed E-state index contributed by atoms with van der Waals surface area (Å²) in [4.78, 5) is 12.9. The van der Waals surface area contributed by atoms with Gasteiger partial charge in [-0.2, -0.15) is 0 Å². The topological polar surface area (TPSA) is 84.9 Å². The molecule has 0 spiro atoms. The number of anilines is 1. The van der Waals surface area contributed by atoms with Crippen LogP contribution in [0, 0.1) is 0 Å². The molecule has 1 amide bonds. The van der Waals surface area contributed by atoms with Gasteiger partial charge < -0.3 is 14.8 Å². The van der Waals surface area contributed by atoms with Crippen molar-refractivity contribution in [3.63, 3.8) is 0 Å². The summed E-state index contributed by atoms with van der Waals surface area (Å²) in [6.07, 6.45) is 0.185. The van der Waals surface area contributed by atoms with E-state index in [0.717, 1.165) is 23.1 Å². The maximum Gasteiger partial charge on any atom is 0.263 e. The molecular weight excluding hydrogens is 416 g/mol. The largest absolute Gasteiger partial charge is 0.497 e. The number of hydrogen-bond acceptors (Lipinski definition) is 5. The van der Waals surface area contributed by atoms with E-state index in [1.807, 2.05) is 43.3 Å². The lowest BCUT2D eigenvalue weighted by Crippen LogP contribution is -2.50. The normalized spacial score (nSPS) is 17.4. The highest BCUT2D eigenvalue weighted by atomic mass is 32.2. The second-order valence-electron chi connectivity index (χ2n) is 8.84. The van der Waals surface area contributed by atoms with Crippen LogP contribution in [0.25, 0.3) is 0 Å². The van der Waals surface area contributed by atoms with Gasteiger partial charge in [-0.25, -0.2) is 8.42 Å². The van der Waals surface area contributed by atoms with Gasteiger partial charge in [-0.1, -0.05) is 39.0 Å². The van der Waals surface area contributed by atoms with E-state index < -0.39 is 16.1 Å². The molecular formula is C23H30N2O5S. The summed E-state index contributed by atoms with van der Waals surface area (Å²) in [7, 11) is -2.00. The molecule has 0 fully saturated rings. The molecule has 2 aromatic rings. The average molecular weight is 447 g/mol. The number of methoxy groups -OCH3 is 1. The van der Waals surface area contributed by atoms with Gasteiger partial charge >= 0.3 is 0 Å². The van der Waals surface area contributed by atoms with Crippen LogP contribution >= 0.6 is 0 Å². The molecule has 0 aromatic heterocycles. The summed E-state index contributed by atoms with van der Waals surface area (Å²) >= 11 is 0. The van der Waals surface area contributed by atoms with Gasteiger partial charge in [0.1, 0.15) is 11.5 Å². The maximum absolute atomic E-state index is 12.9. The standard InChI is InChI=1S/C23H30N2O5S/c1-15(16-7-10-18(29-5)11-8-16)24-22(26)21-14-25(31(6,27)28)19-13-17(23(2,3)4)9-12-20(19)30-21/h7-13,15,21H,14H2,1-6H3,(H,24,26)/t15-,21+/m0/s1. The Hall–Kier alpha value is -2.74. The molecule has 0 aliphatic carbocycles. The molecule has 3 rings (SSSR count). The van der Waals surface area contributed by atoms with Gasteiger partial charge in [0.2, 0.25) is 10.0 Å². The van der Waals surface area contributed by atoms with Gasteiger partial charge in [0.25, 0.3) is 5.91 Å². The van der Waals surface area contributed by atoms with Crippen molar-refractivity contribution in [2.75, 3.05) is 24.2 Å². The Morgan fingerprint density at radius 3 is 2.39 bits per heavy atom. The highest BCUT2D eigenvalue weighted by molar-refractivity contribution is 7.92. The number of fused-ring (bicyclic) bond motifs is 1. The van der Waals surface area contributed by atoms with Crippen LogP contribution in [0.15, 0.2) is 42.5 Å². The first-order valence-corrected chi connectivity index (χ1v) is 12.0. The number of benzene rings is 2. The Morgan fingerprint density at radius 2 is 1.84 bits per heavy atom. The average Bonchev–Trinajstić information content (AvgIpc) is 2.71. The third-order valence-corrected chi connectivity index (χ3v) is 6.51. The second-order valence-corrected chi connectivity index (χ2v) is 10.7. The summed E-state index contributed by atoms with van der Waals surface area (Å²) < 4.78 is 37.4. The third kappa shape index (κ3) is 5.12. The van der Waals surface area contributed by atoms with Crippen molar-refractivity contribution in [2.24, 2.45) is 0 Å². The van der Waals surface area contributed by atoms with Crippen molar-refractivity contribution in [1.29, 1.82) is 0 Å². The van der Waals surface area contributed by atoms with Crippen LogP contribution in [0.2, 0.25) is 0 Å². The first kappa shape index (κ1) is 22.9. The first-order valence-electron chi connectivity index (χ1n) is 10.1. The molecule has 0 saturated carbocycles. The fourth-order valence-corrected chi connectivity index (χ4v) is 4.36. The molecule has 0 radical (unpaired) electrons. The van der Waals surface area contributed by atoms with E-state index in [9.17, 15) is 13.2 Å². The van der Waals surface area contributed by atoms with Gasteiger partial charge in [0, 0.05) is 0 Å². The molecule has 1 aliphatic heterocycles. The molecule has 1 N–H and O–H groups in total. The number of carbonyl (C=O) groups is 1. The molecule has 2 atom stereocenters. The zero-order valence-corrected chi connectivity index (χ0v) is 19.6. The molecule has 0 saturated heterocycles. The van der Waals surface area contributed by atoms with Crippen molar-refractivity contribution < 1.29 is 22.7 Å². The van der Waals surface area contributed by atoms with Crippen LogP contribution in [-0.2, 0) is 20.2 Å². The summed E-state index contributed by atoms with van der Waals surface area (Å²) in [5.41, 5.74) is 2.20. The Labute approximate surface area is 184 Å². The Morgan fingerprint density at radius 1 is 1.19 bits per heavy atom. The number of rotatable bonds is 5. The van der Waals surface area contributed by atoms with E-state index in [2.05, 4.69) is 26.1 Å². The molecule has 168 valence electrons. The fraction of sp³-hybridized carbons (Fsp3) is 0.435. The molecule has 8 heteroatoms. The summed E-state index contributed by atoms with van der Waals surface area (Å²) in [6, 6.07) is 12.6. The van der Waals surface area contributed by atoms with Crippen LogP contribution < -0.4 is 19.1 Å². The lowest BCUT2D eigenvalue weighted by molar-refractivity contribution is -0.128. The van der Waals surface area contributed by atoms with E-state index in [-0.39, 0.29) is 23.9 Å². The number of hydrogen-bond donors (Lipinski definition) is 1. The molecule has 7 nitrogen and oxygen atoms in total. The van der Waals surface area contributed by atoms with E-state index in [1.165, 1.54) is 4.31 Å². The number of ether oxygens (including phenoxy) is 2. The SMILES string of the molecule is COc1ccc([C@H](C)NC(=O)[C@H]2CN(S(C)(=O)=O)c3cc(C(C)(C)C)ccc3O2)cc1. The first-order chi connectivity index (χ1) is 14.4. The van der Waals surface area contributed by atoms with Gasteiger partial charge in [-0.05, 0) is 47.7 Å². The molecule has 2 aromatic carbocycles. The molecule has 1 aliphatic rings. The van der Waals surface area contributed by atoms with E-state index in [4.69, 9.17) is 9.47 Å². The molecule has 0 unspecified atom stereocenters. The van der Waals surface area contributed by atoms with Crippen LogP contribution in [0.5, 0.6) is 11.5 Å². The highest BCUT2D eigenvalue weighted by Gasteiger charge is 2.36. The second kappa shape index (κ2) is 8.42. The van der Waals surface area contributed by atoms with Gasteiger partial charge in [-0.3, -0.25) is 9.10 Å². The van der Waals surface area contributed by atoms with Crippen molar-refractivity contribution in [1.82, 2.24) is 5.32 Å². The smallest absolute Gasteiger partial charge is 0.263 e. The summed E-state index contributed by atoms with van der Waals surface area (Å²) in [5, 5.41) is 2.92. The zero-order chi connectivity index (χ0) is 23.0.